The second-order valence-corrected chi connectivity index (χ2v) is 0.846. The van der Waals surface area contributed by atoms with Crippen LogP contribution in [0.1, 0.15) is 6.42 Å². The Hall–Kier alpha value is 2.17. The molecule has 0 aromatic heterocycles. The predicted molar refractivity (Wildman–Crippen MR) is 21.8 cm³/mol. The average molecular weight is 251 g/mol. The van der Waals surface area contributed by atoms with Crippen LogP contribution in [0.2, 0.25) is 0 Å². The Balaban J connectivity index is -0.0000000800. The normalized spacial score (nSPS) is 6.00. The minimum Gasteiger partial charge on any atom is -0.387 e. The Labute approximate surface area is 95.7 Å². The summed E-state index contributed by atoms with van der Waals surface area (Å²) in [5.74, 6) is 0. The Morgan fingerprint density at radius 3 is 1.86 bits per heavy atom. The Morgan fingerprint density at radius 1 is 1.43 bits per heavy atom. The number of methoxy groups -OCH3 is 1. The molecular weight excluding hydrogens is 242 g/mol. The van der Waals surface area contributed by atoms with Gasteiger partial charge in [-0.2, -0.15) is 6.42 Å². The number of hydrogen-bond acceptors (Lipinski definition) is 1. The van der Waals surface area contributed by atoms with Crippen molar-refractivity contribution < 1.29 is 70.2 Å². The van der Waals surface area contributed by atoms with E-state index < -0.39 is 0 Å². The summed E-state index contributed by atoms with van der Waals surface area (Å²) >= 11 is 0. The number of rotatable bonds is 2. The fourth-order valence-corrected chi connectivity index (χ4v) is 0.144. The summed E-state index contributed by atoms with van der Waals surface area (Å²) in [4.78, 5) is 0. The molecular formula is C4H9OY2-. The van der Waals surface area contributed by atoms with Crippen molar-refractivity contribution in [2.24, 2.45) is 0 Å². The molecule has 0 spiro atoms. The van der Waals surface area contributed by atoms with Crippen molar-refractivity contribution in [3.8, 4) is 0 Å². The maximum atomic E-state index is 4.63. The molecule has 0 atom stereocenters. The first-order chi connectivity index (χ1) is 2.41. The first-order valence-corrected chi connectivity index (χ1v) is 1.70. The van der Waals surface area contributed by atoms with Gasteiger partial charge in [-0.25, -0.2) is 0 Å². The van der Waals surface area contributed by atoms with E-state index in [0.717, 1.165) is 13.0 Å². The molecule has 0 N–H and O–H groups in total. The quantitative estimate of drug-likeness (QED) is 0.661. The molecule has 0 amide bonds. The number of hydrogen-bond donors (Lipinski definition) is 0. The van der Waals surface area contributed by atoms with E-state index in [1.807, 2.05) is 0 Å². The first-order valence-electron chi connectivity index (χ1n) is 1.70. The zero-order valence-electron chi connectivity index (χ0n) is 4.68. The van der Waals surface area contributed by atoms with Gasteiger partial charge in [0.25, 0.3) is 0 Å². The summed E-state index contributed by atoms with van der Waals surface area (Å²) in [5, 5.41) is 0. The van der Waals surface area contributed by atoms with Gasteiger partial charge in [-0.1, -0.05) is 0 Å². The monoisotopic (exact) mass is 251 g/mol. The van der Waals surface area contributed by atoms with Gasteiger partial charge in [-0.05, 0) is 0 Å². The van der Waals surface area contributed by atoms with Gasteiger partial charge >= 0.3 is 0 Å². The fourth-order valence-electron chi connectivity index (χ4n) is 0.144. The van der Waals surface area contributed by atoms with Crippen molar-refractivity contribution in [2.75, 3.05) is 13.7 Å². The minimum atomic E-state index is 0. The van der Waals surface area contributed by atoms with E-state index in [0.29, 0.717) is 0 Å². The van der Waals surface area contributed by atoms with E-state index in [1.165, 1.54) is 0 Å². The summed E-state index contributed by atoms with van der Waals surface area (Å²) < 4.78 is 4.63. The van der Waals surface area contributed by atoms with E-state index in [-0.39, 0.29) is 65.4 Å². The molecule has 0 unspecified atom stereocenters. The molecule has 0 heterocycles. The van der Waals surface area contributed by atoms with Crippen LogP contribution in [0.3, 0.4) is 0 Å². The topological polar surface area (TPSA) is 9.23 Å². The summed E-state index contributed by atoms with van der Waals surface area (Å²) in [7, 11) is 1.67. The maximum absolute atomic E-state index is 4.63. The summed E-state index contributed by atoms with van der Waals surface area (Å²) in [6.07, 6.45) is 0.872. The molecule has 0 fully saturated rings. The SMILES string of the molecule is [CH2-]CCOC.[Y].[Y]. The molecule has 0 aromatic rings. The van der Waals surface area contributed by atoms with Crippen molar-refractivity contribution in [1.82, 2.24) is 0 Å². The second kappa shape index (κ2) is 15.7. The third-order valence-corrected chi connectivity index (χ3v) is 0.348. The van der Waals surface area contributed by atoms with E-state index in [4.69, 9.17) is 0 Å². The smallest absolute Gasteiger partial charge is 0.0353 e. The van der Waals surface area contributed by atoms with Crippen LogP contribution >= 0.6 is 0 Å². The maximum Gasteiger partial charge on any atom is 0.0353 e. The standard InChI is InChI=1S/C4H9O.2Y/c1-3-4-5-2;;/h1,3-4H2,2H3;;/q-1;;. The van der Waals surface area contributed by atoms with E-state index in [2.05, 4.69) is 11.7 Å². The van der Waals surface area contributed by atoms with Crippen molar-refractivity contribution in [2.45, 2.75) is 6.42 Å². The van der Waals surface area contributed by atoms with Crippen LogP contribution in [0.5, 0.6) is 0 Å². The molecule has 0 aliphatic carbocycles. The van der Waals surface area contributed by atoms with E-state index in [9.17, 15) is 0 Å². The van der Waals surface area contributed by atoms with Gasteiger partial charge in [0.15, 0.2) is 0 Å². The number of ether oxygens (including phenoxy) is 1. The molecule has 1 nitrogen and oxygen atoms in total. The Kier molecular flexibility index (Phi) is 36.1. The molecule has 0 aromatic carbocycles. The summed E-state index contributed by atoms with van der Waals surface area (Å²) in [6.45, 7) is 4.33. The fraction of sp³-hybridized carbons (Fsp3) is 0.750. The molecule has 0 rings (SSSR count). The van der Waals surface area contributed by atoms with Crippen LogP contribution < -0.4 is 0 Å². The first kappa shape index (κ1) is 16.1. The van der Waals surface area contributed by atoms with Crippen molar-refractivity contribution in [1.29, 1.82) is 0 Å². The Morgan fingerprint density at radius 2 is 1.86 bits per heavy atom. The molecule has 7 heavy (non-hydrogen) atoms. The van der Waals surface area contributed by atoms with Crippen molar-refractivity contribution in [3.05, 3.63) is 6.92 Å². The van der Waals surface area contributed by atoms with Gasteiger partial charge in [-0.15, -0.1) is 0 Å². The molecule has 0 aliphatic rings. The molecule has 0 saturated heterocycles. The minimum absolute atomic E-state index is 0. The second-order valence-electron chi connectivity index (χ2n) is 0.846. The van der Waals surface area contributed by atoms with Gasteiger partial charge in [0.2, 0.25) is 0 Å². The third-order valence-electron chi connectivity index (χ3n) is 0.348. The van der Waals surface area contributed by atoms with E-state index >= 15 is 0 Å². The average Bonchev–Trinajstić information content (AvgIpc) is 1.41. The van der Waals surface area contributed by atoms with Crippen LogP contribution in [0.25, 0.3) is 0 Å². The van der Waals surface area contributed by atoms with Crippen LogP contribution in [0, 0.1) is 6.92 Å². The summed E-state index contributed by atoms with van der Waals surface area (Å²) in [5.41, 5.74) is 0. The summed E-state index contributed by atoms with van der Waals surface area (Å²) in [6, 6.07) is 0. The van der Waals surface area contributed by atoms with Gasteiger partial charge in [0.05, 0.1) is 0 Å². The van der Waals surface area contributed by atoms with Crippen LogP contribution in [-0.2, 0) is 70.2 Å². The van der Waals surface area contributed by atoms with Crippen LogP contribution in [0.15, 0.2) is 0 Å². The zero-order valence-corrected chi connectivity index (χ0v) is 10.4. The molecule has 0 saturated carbocycles. The van der Waals surface area contributed by atoms with Crippen LogP contribution in [0.4, 0.5) is 0 Å². The molecule has 0 aliphatic heterocycles. The van der Waals surface area contributed by atoms with Gasteiger partial charge in [0.1, 0.15) is 0 Å². The van der Waals surface area contributed by atoms with Gasteiger partial charge in [0, 0.05) is 79.1 Å². The molecule has 2 radical (unpaired) electrons. The molecule has 0 bridgehead atoms. The van der Waals surface area contributed by atoms with Gasteiger partial charge < -0.3 is 11.7 Å². The van der Waals surface area contributed by atoms with Crippen molar-refractivity contribution in [3.63, 3.8) is 0 Å². The third kappa shape index (κ3) is 17.9. The van der Waals surface area contributed by atoms with Gasteiger partial charge in [-0.3, -0.25) is 0 Å². The van der Waals surface area contributed by atoms with Crippen LogP contribution in [-0.4, -0.2) is 13.7 Å². The molecule has 3 heteroatoms. The predicted octanol–water partition coefficient (Wildman–Crippen LogP) is 0.852. The zero-order chi connectivity index (χ0) is 4.12. The van der Waals surface area contributed by atoms with Crippen molar-refractivity contribution >= 4 is 0 Å². The largest absolute Gasteiger partial charge is 0.387 e. The van der Waals surface area contributed by atoms with E-state index in [1.54, 1.807) is 7.11 Å². The molecule has 38 valence electrons. The Bertz CT molecular complexity index is 17.2.